The molecule has 0 saturated heterocycles. The Bertz CT molecular complexity index is 494. The molecule has 2 rings (SSSR count). The van der Waals surface area contributed by atoms with Crippen molar-refractivity contribution in [1.29, 1.82) is 0 Å². The fourth-order valence-electron chi connectivity index (χ4n) is 1.81. The van der Waals surface area contributed by atoms with Gasteiger partial charge in [0.2, 0.25) is 0 Å². The SMILES string of the molecule is Cc1occc1CN(C)c1cnccc1CO. The normalized spacial score (nSPS) is 10.5. The highest BCUT2D eigenvalue weighted by Gasteiger charge is 2.09. The van der Waals surface area contributed by atoms with Crippen molar-refractivity contribution in [2.45, 2.75) is 20.1 Å². The number of aliphatic hydroxyl groups is 1. The molecule has 2 aromatic heterocycles. The summed E-state index contributed by atoms with van der Waals surface area (Å²) in [5.41, 5.74) is 2.96. The summed E-state index contributed by atoms with van der Waals surface area (Å²) in [5, 5.41) is 9.28. The van der Waals surface area contributed by atoms with E-state index in [0.29, 0.717) is 0 Å². The van der Waals surface area contributed by atoms with Gasteiger partial charge in [0.1, 0.15) is 5.76 Å². The van der Waals surface area contributed by atoms with Gasteiger partial charge in [-0.25, -0.2) is 0 Å². The lowest BCUT2D eigenvalue weighted by molar-refractivity contribution is 0.282. The summed E-state index contributed by atoms with van der Waals surface area (Å²) < 4.78 is 5.27. The molecule has 0 aliphatic carbocycles. The van der Waals surface area contributed by atoms with E-state index in [4.69, 9.17) is 4.42 Å². The Balaban J connectivity index is 2.20. The zero-order valence-electron chi connectivity index (χ0n) is 10.1. The van der Waals surface area contributed by atoms with Crippen molar-refractivity contribution in [3.63, 3.8) is 0 Å². The van der Waals surface area contributed by atoms with E-state index >= 15 is 0 Å². The Hall–Kier alpha value is -1.81. The summed E-state index contributed by atoms with van der Waals surface area (Å²) in [6.45, 7) is 2.70. The fraction of sp³-hybridized carbons (Fsp3) is 0.308. The third-order valence-electron chi connectivity index (χ3n) is 2.84. The Kier molecular flexibility index (Phi) is 3.44. The van der Waals surface area contributed by atoms with Crippen LogP contribution in [0, 0.1) is 6.92 Å². The largest absolute Gasteiger partial charge is 0.469 e. The van der Waals surface area contributed by atoms with Crippen molar-refractivity contribution in [2.24, 2.45) is 0 Å². The molecule has 0 bridgehead atoms. The third-order valence-corrected chi connectivity index (χ3v) is 2.84. The van der Waals surface area contributed by atoms with Gasteiger partial charge in [-0.15, -0.1) is 0 Å². The van der Waals surface area contributed by atoms with Crippen molar-refractivity contribution >= 4 is 5.69 Å². The summed E-state index contributed by atoms with van der Waals surface area (Å²) in [4.78, 5) is 6.14. The number of pyridine rings is 1. The first-order valence-electron chi connectivity index (χ1n) is 5.50. The summed E-state index contributed by atoms with van der Waals surface area (Å²) >= 11 is 0. The molecule has 0 aliphatic rings. The molecule has 0 unspecified atom stereocenters. The molecule has 0 atom stereocenters. The van der Waals surface area contributed by atoms with E-state index in [-0.39, 0.29) is 6.61 Å². The van der Waals surface area contributed by atoms with E-state index in [2.05, 4.69) is 9.88 Å². The maximum Gasteiger partial charge on any atom is 0.105 e. The van der Waals surface area contributed by atoms with Crippen LogP contribution in [0.25, 0.3) is 0 Å². The highest BCUT2D eigenvalue weighted by molar-refractivity contribution is 5.51. The number of aliphatic hydroxyl groups excluding tert-OH is 1. The van der Waals surface area contributed by atoms with Gasteiger partial charge in [0, 0.05) is 30.9 Å². The lowest BCUT2D eigenvalue weighted by atomic mass is 10.2. The maximum absolute atomic E-state index is 9.28. The van der Waals surface area contributed by atoms with Crippen LogP contribution >= 0.6 is 0 Å². The number of nitrogens with zero attached hydrogens (tertiary/aromatic N) is 2. The monoisotopic (exact) mass is 232 g/mol. The number of hydrogen-bond acceptors (Lipinski definition) is 4. The molecule has 2 heterocycles. The summed E-state index contributed by atoms with van der Waals surface area (Å²) in [6, 6.07) is 3.79. The minimum absolute atomic E-state index is 0.0204. The standard InChI is InChI=1S/C13H16N2O2/c1-10-11(4-6-17-10)8-15(2)13-7-14-5-3-12(13)9-16/h3-7,16H,8-9H2,1-2H3. The summed E-state index contributed by atoms with van der Waals surface area (Å²) in [7, 11) is 1.97. The lowest BCUT2D eigenvalue weighted by Crippen LogP contribution is -2.18. The Morgan fingerprint density at radius 1 is 1.35 bits per heavy atom. The Morgan fingerprint density at radius 2 is 2.18 bits per heavy atom. The molecular formula is C13H16N2O2. The third kappa shape index (κ3) is 2.47. The predicted octanol–water partition coefficient (Wildman–Crippen LogP) is 2.11. The molecule has 0 fully saturated rings. The highest BCUT2D eigenvalue weighted by atomic mass is 16.3. The number of rotatable bonds is 4. The number of furan rings is 1. The quantitative estimate of drug-likeness (QED) is 0.877. The first kappa shape index (κ1) is 11.7. The van der Waals surface area contributed by atoms with E-state index in [0.717, 1.165) is 29.1 Å². The van der Waals surface area contributed by atoms with Crippen molar-refractivity contribution in [1.82, 2.24) is 4.98 Å². The minimum atomic E-state index is 0.0204. The van der Waals surface area contributed by atoms with Gasteiger partial charge in [-0.1, -0.05) is 0 Å². The van der Waals surface area contributed by atoms with Crippen LogP contribution in [0.5, 0.6) is 0 Å². The number of aryl methyl sites for hydroxylation is 1. The molecule has 0 aliphatic heterocycles. The molecule has 17 heavy (non-hydrogen) atoms. The average molecular weight is 232 g/mol. The second kappa shape index (κ2) is 5.01. The molecule has 0 spiro atoms. The average Bonchev–Trinajstić information content (AvgIpc) is 2.75. The van der Waals surface area contributed by atoms with Crippen molar-refractivity contribution in [3.8, 4) is 0 Å². The van der Waals surface area contributed by atoms with Crippen molar-refractivity contribution in [2.75, 3.05) is 11.9 Å². The molecule has 0 aromatic carbocycles. The number of aromatic nitrogens is 1. The topological polar surface area (TPSA) is 49.5 Å². The Morgan fingerprint density at radius 3 is 2.82 bits per heavy atom. The second-order valence-corrected chi connectivity index (χ2v) is 4.02. The van der Waals surface area contributed by atoms with Crippen LogP contribution in [0.4, 0.5) is 5.69 Å². The van der Waals surface area contributed by atoms with Crippen LogP contribution in [-0.4, -0.2) is 17.1 Å². The van der Waals surface area contributed by atoms with Crippen molar-refractivity contribution in [3.05, 3.63) is 47.7 Å². The molecule has 2 aromatic rings. The van der Waals surface area contributed by atoms with Crippen LogP contribution in [0.1, 0.15) is 16.9 Å². The van der Waals surface area contributed by atoms with Gasteiger partial charge in [0.05, 0.1) is 24.8 Å². The number of anilines is 1. The fourth-order valence-corrected chi connectivity index (χ4v) is 1.81. The second-order valence-electron chi connectivity index (χ2n) is 4.02. The van der Waals surface area contributed by atoms with Gasteiger partial charge in [-0.2, -0.15) is 0 Å². The zero-order valence-corrected chi connectivity index (χ0v) is 10.1. The molecule has 0 saturated carbocycles. The molecule has 4 nitrogen and oxygen atoms in total. The van der Waals surface area contributed by atoms with E-state index in [1.165, 1.54) is 0 Å². The van der Waals surface area contributed by atoms with Crippen molar-refractivity contribution < 1.29 is 9.52 Å². The van der Waals surface area contributed by atoms with Gasteiger partial charge in [-0.05, 0) is 19.1 Å². The highest BCUT2D eigenvalue weighted by Crippen LogP contribution is 2.21. The molecule has 1 N–H and O–H groups in total. The summed E-state index contributed by atoms with van der Waals surface area (Å²) in [5.74, 6) is 0.922. The van der Waals surface area contributed by atoms with Gasteiger partial charge in [0.15, 0.2) is 0 Å². The van der Waals surface area contributed by atoms with E-state index in [1.54, 1.807) is 18.7 Å². The molecule has 4 heteroatoms. The van der Waals surface area contributed by atoms with Crippen LogP contribution in [0.3, 0.4) is 0 Å². The number of hydrogen-bond donors (Lipinski definition) is 1. The first-order chi connectivity index (χ1) is 8.22. The van der Waals surface area contributed by atoms with E-state index < -0.39 is 0 Å². The molecular weight excluding hydrogens is 216 g/mol. The van der Waals surface area contributed by atoms with Crippen LogP contribution in [0.15, 0.2) is 35.2 Å². The first-order valence-corrected chi connectivity index (χ1v) is 5.50. The van der Waals surface area contributed by atoms with Gasteiger partial charge >= 0.3 is 0 Å². The van der Waals surface area contributed by atoms with E-state index in [9.17, 15) is 5.11 Å². The Labute approximate surface area is 101 Å². The molecule has 0 amide bonds. The molecule has 0 radical (unpaired) electrons. The van der Waals surface area contributed by atoms with Crippen LogP contribution in [-0.2, 0) is 13.2 Å². The smallest absolute Gasteiger partial charge is 0.105 e. The van der Waals surface area contributed by atoms with Gasteiger partial charge < -0.3 is 14.4 Å². The van der Waals surface area contributed by atoms with Crippen LogP contribution < -0.4 is 4.90 Å². The van der Waals surface area contributed by atoms with Gasteiger partial charge in [0.25, 0.3) is 0 Å². The predicted molar refractivity (Wildman–Crippen MR) is 65.7 cm³/mol. The zero-order chi connectivity index (χ0) is 12.3. The summed E-state index contributed by atoms with van der Waals surface area (Å²) in [6.07, 6.45) is 5.14. The van der Waals surface area contributed by atoms with Crippen LogP contribution in [0.2, 0.25) is 0 Å². The van der Waals surface area contributed by atoms with Gasteiger partial charge in [-0.3, -0.25) is 4.98 Å². The lowest BCUT2D eigenvalue weighted by Gasteiger charge is -2.21. The molecule has 90 valence electrons. The van der Waals surface area contributed by atoms with E-state index in [1.807, 2.05) is 26.1 Å². The maximum atomic E-state index is 9.28. The minimum Gasteiger partial charge on any atom is -0.469 e.